The van der Waals surface area contributed by atoms with E-state index in [1.807, 2.05) is 14.1 Å². The molecule has 0 saturated carbocycles. The Labute approximate surface area is 104 Å². The van der Waals surface area contributed by atoms with E-state index in [1.165, 1.54) is 0 Å². The second kappa shape index (κ2) is 8.98. The number of rotatable bonds is 8. The molecule has 5 nitrogen and oxygen atoms in total. The van der Waals surface area contributed by atoms with E-state index in [2.05, 4.69) is 4.90 Å². The Bertz CT molecular complexity index is 242. The van der Waals surface area contributed by atoms with Gasteiger partial charge in [0, 0.05) is 20.0 Å². The van der Waals surface area contributed by atoms with Crippen molar-refractivity contribution >= 4 is 11.9 Å². The number of carbonyl (C=O) groups is 2. The van der Waals surface area contributed by atoms with Crippen LogP contribution < -0.4 is 0 Å². The number of hydrogen-bond acceptors (Lipinski definition) is 4. The van der Waals surface area contributed by atoms with Gasteiger partial charge in [-0.25, -0.2) is 0 Å². The maximum Gasteiger partial charge on any atom is 0.306 e. The lowest BCUT2D eigenvalue weighted by atomic mass is 10.2. The Hall–Kier alpha value is -1.10. The molecule has 0 heterocycles. The number of nitrogens with zero attached hydrogens (tertiary/aromatic N) is 2. The molecule has 0 aromatic carbocycles. The summed E-state index contributed by atoms with van der Waals surface area (Å²) in [4.78, 5) is 26.5. The highest BCUT2D eigenvalue weighted by molar-refractivity contribution is 5.81. The van der Waals surface area contributed by atoms with Crippen LogP contribution in [0.3, 0.4) is 0 Å². The van der Waals surface area contributed by atoms with E-state index < -0.39 is 0 Å². The molecule has 0 fully saturated rings. The van der Waals surface area contributed by atoms with Crippen LogP contribution in [-0.2, 0) is 14.3 Å². The normalized spacial score (nSPS) is 10.4. The van der Waals surface area contributed by atoms with Crippen molar-refractivity contribution < 1.29 is 14.3 Å². The summed E-state index contributed by atoms with van der Waals surface area (Å²) in [6.07, 6.45) is 1.34. The summed E-state index contributed by atoms with van der Waals surface area (Å²) in [5.41, 5.74) is 0. The van der Waals surface area contributed by atoms with Crippen LogP contribution in [0.15, 0.2) is 0 Å². The van der Waals surface area contributed by atoms with Crippen molar-refractivity contribution in [1.82, 2.24) is 9.80 Å². The minimum absolute atomic E-state index is 0.00295. The van der Waals surface area contributed by atoms with Crippen LogP contribution >= 0.6 is 0 Å². The summed E-state index contributed by atoms with van der Waals surface area (Å²) in [6, 6.07) is 0. The summed E-state index contributed by atoms with van der Waals surface area (Å²) >= 11 is 0. The first-order chi connectivity index (χ1) is 7.97. The van der Waals surface area contributed by atoms with Gasteiger partial charge in [-0.3, -0.25) is 9.59 Å². The molecule has 0 rings (SSSR count). The minimum atomic E-state index is -0.303. The van der Waals surface area contributed by atoms with Gasteiger partial charge in [-0.1, -0.05) is 0 Å². The molecule has 0 bridgehead atoms. The fourth-order valence-corrected chi connectivity index (χ4v) is 1.38. The molecular weight excluding hydrogens is 220 g/mol. The smallest absolute Gasteiger partial charge is 0.306 e. The van der Waals surface area contributed by atoms with Gasteiger partial charge in [0.05, 0.1) is 13.0 Å². The number of hydrogen-bond donors (Lipinski definition) is 0. The molecule has 0 atom stereocenters. The molecule has 0 aliphatic heterocycles. The van der Waals surface area contributed by atoms with Crippen molar-refractivity contribution in [3.8, 4) is 0 Å². The summed E-state index contributed by atoms with van der Waals surface area (Å²) in [5.74, 6) is -0.306. The molecule has 1 amide bonds. The van der Waals surface area contributed by atoms with Crippen LogP contribution in [-0.4, -0.2) is 62.5 Å². The first-order valence-electron chi connectivity index (χ1n) is 6.01. The number of ether oxygens (including phenoxy) is 1. The highest BCUT2D eigenvalue weighted by Crippen LogP contribution is 1.99. The molecular formula is C12H24N2O3. The van der Waals surface area contributed by atoms with Gasteiger partial charge in [-0.05, 0) is 34.0 Å². The van der Waals surface area contributed by atoms with E-state index in [0.717, 1.165) is 19.5 Å². The van der Waals surface area contributed by atoms with Crippen LogP contribution in [0.25, 0.3) is 0 Å². The molecule has 0 unspecified atom stereocenters. The van der Waals surface area contributed by atoms with Crippen LogP contribution in [0.1, 0.15) is 26.2 Å². The molecule has 0 spiro atoms. The molecule has 100 valence electrons. The zero-order valence-corrected chi connectivity index (χ0v) is 11.4. The first-order valence-corrected chi connectivity index (χ1v) is 6.01. The van der Waals surface area contributed by atoms with Crippen molar-refractivity contribution in [2.45, 2.75) is 26.2 Å². The van der Waals surface area contributed by atoms with E-state index in [4.69, 9.17) is 4.74 Å². The minimum Gasteiger partial charge on any atom is -0.466 e. The molecule has 0 radical (unpaired) electrons. The maximum absolute atomic E-state index is 11.6. The Balaban J connectivity index is 3.70. The third-order valence-electron chi connectivity index (χ3n) is 2.37. The van der Waals surface area contributed by atoms with Crippen molar-refractivity contribution in [1.29, 1.82) is 0 Å². The van der Waals surface area contributed by atoms with E-state index in [9.17, 15) is 9.59 Å². The van der Waals surface area contributed by atoms with Gasteiger partial charge in [0.1, 0.15) is 0 Å². The quantitative estimate of drug-likeness (QED) is 0.591. The fraction of sp³-hybridized carbons (Fsp3) is 0.833. The largest absolute Gasteiger partial charge is 0.466 e. The lowest BCUT2D eigenvalue weighted by molar-refractivity contribution is -0.145. The van der Waals surface area contributed by atoms with Crippen molar-refractivity contribution in [2.24, 2.45) is 0 Å². The second-order valence-electron chi connectivity index (χ2n) is 4.28. The van der Waals surface area contributed by atoms with Crippen LogP contribution in [0, 0.1) is 0 Å². The topological polar surface area (TPSA) is 49.9 Å². The number of amides is 1. The zero-order chi connectivity index (χ0) is 13.3. The third kappa shape index (κ3) is 8.68. The SMILES string of the molecule is CCOC(=O)CCC(=O)N(C)CCCN(C)C. The molecule has 0 aliphatic carbocycles. The molecule has 0 saturated heterocycles. The Morgan fingerprint density at radius 1 is 1.06 bits per heavy atom. The predicted molar refractivity (Wildman–Crippen MR) is 66.7 cm³/mol. The molecule has 0 aromatic heterocycles. The van der Waals surface area contributed by atoms with Gasteiger partial charge in [0.15, 0.2) is 0 Å². The van der Waals surface area contributed by atoms with Crippen LogP contribution in [0.4, 0.5) is 0 Å². The number of carbonyl (C=O) groups excluding carboxylic acids is 2. The predicted octanol–water partition coefficient (Wildman–Crippen LogP) is 0.740. The zero-order valence-electron chi connectivity index (χ0n) is 11.4. The van der Waals surface area contributed by atoms with Crippen molar-refractivity contribution in [3.63, 3.8) is 0 Å². The Kier molecular flexibility index (Phi) is 8.40. The van der Waals surface area contributed by atoms with Crippen LogP contribution in [0.5, 0.6) is 0 Å². The summed E-state index contributed by atoms with van der Waals surface area (Å²) < 4.78 is 4.77. The Morgan fingerprint density at radius 3 is 2.24 bits per heavy atom. The molecule has 17 heavy (non-hydrogen) atoms. The average Bonchev–Trinajstić information content (AvgIpc) is 2.25. The van der Waals surface area contributed by atoms with Crippen LogP contribution in [0.2, 0.25) is 0 Å². The highest BCUT2D eigenvalue weighted by atomic mass is 16.5. The van der Waals surface area contributed by atoms with Gasteiger partial charge in [0.25, 0.3) is 0 Å². The van der Waals surface area contributed by atoms with E-state index >= 15 is 0 Å². The highest BCUT2D eigenvalue weighted by Gasteiger charge is 2.11. The number of esters is 1. The standard InChI is InChI=1S/C12H24N2O3/c1-5-17-12(16)8-7-11(15)14(4)10-6-9-13(2)3/h5-10H2,1-4H3. The van der Waals surface area contributed by atoms with Crippen molar-refractivity contribution in [2.75, 3.05) is 40.8 Å². The molecule has 0 aromatic rings. The van der Waals surface area contributed by atoms with Gasteiger partial charge in [0.2, 0.25) is 5.91 Å². The van der Waals surface area contributed by atoms with Crippen molar-refractivity contribution in [3.05, 3.63) is 0 Å². The van der Waals surface area contributed by atoms with E-state index in [1.54, 1.807) is 18.9 Å². The molecule has 5 heteroatoms. The van der Waals surface area contributed by atoms with Gasteiger partial charge >= 0.3 is 5.97 Å². The lowest BCUT2D eigenvalue weighted by Crippen LogP contribution is -2.30. The first kappa shape index (κ1) is 15.9. The Morgan fingerprint density at radius 2 is 1.71 bits per heavy atom. The second-order valence-corrected chi connectivity index (χ2v) is 4.28. The monoisotopic (exact) mass is 244 g/mol. The van der Waals surface area contributed by atoms with E-state index in [-0.39, 0.29) is 24.7 Å². The fourth-order valence-electron chi connectivity index (χ4n) is 1.38. The summed E-state index contributed by atoms with van der Waals surface area (Å²) in [5, 5.41) is 0. The molecule has 0 aliphatic rings. The lowest BCUT2D eigenvalue weighted by Gasteiger charge is -2.18. The van der Waals surface area contributed by atoms with Gasteiger partial charge in [-0.15, -0.1) is 0 Å². The summed E-state index contributed by atoms with van der Waals surface area (Å²) in [6.45, 7) is 3.80. The van der Waals surface area contributed by atoms with Gasteiger partial charge < -0.3 is 14.5 Å². The van der Waals surface area contributed by atoms with Gasteiger partial charge in [-0.2, -0.15) is 0 Å². The molecule has 0 N–H and O–H groups in total. The maximum atomic E-state index is 11.6. The van der Waals surface area contributed by atoms with E-state index in [0.29, 0.717) is 6.61 Å². The summed E-state index contributed by atoms with van der Waals surface area (Å²) in [7, 11) is 5.77. The third-order valence-corrected chi connectivity index (χ3v) is 2.37. The average molecular weight is 244 g/mol.